The molecule has 0 spiro atoms. The monoisotopic (exact) mass is 469 g/mol. The third-order valence-electron chi connectivity index (χ3n) is 4.27. The first kappa shape index (κ1) is 24.9. The van der Waals surface area contributed by atoms with Gasteiger partial charge >= 0.3 is 0 Å². The molecule has 25 heavy (non-hydrogen) atoms. The second-order valence-corrected chi connectivity index (χ2v) is 7.80. The molecule has 0 radical (unpaired) electrons. The summed E-state index contributed by atoms with van der Waals surface area (Å²) in [5.74, 6) is 1.07. The summed E-state index contributed by atoms with van der Waals surface area (Å²) < 4.78 is 11.0. The van der Waals surface area contributed by atoms with E-state index < -0.39 is 0 Å². The van der Waals surface area contributed by atoms with Crippen molar-refractivity contribution in [1.82, 2.24) is 10.2 Å². The summed E-state index contributed by atoms with van der Waals surface area (Å²) in [4.78, 5) is 7.21. The Hall–Kier alpha value is -0.0800. The highest BCUT2D eigenvalue weighted by atomic mass is 127. The van der Waals surface area contributed by atoms with Crippen LogP contribution in [0.3, 0.4) is 0 Å². The lowest BCUT2D eigenvalue weighted by atomic mass is 9.91. The molecule has 1 saturated heterocycles. The molecule has 1 rings (SSSR count). The first-order valence-electron chi connectivity index (χ1n) is 9.60. The summed E-state index contributed by atoms with van der Waals surface area (Å²) in [6, 6.07) is 0. The molecular weight excluding hydrogens is 429 g/mol. The van der Waals surface area contributed by atoms with Crippen molar-refractivity contribution in [3.05, 3.63) is 0 Å². The quantitative estimate of drug-likeness (QED) is 0.241. The third-order valence-corrected chi connectivity index (χ3v) is 4.27. The largest absolute Gasteiger partial charge is 0.385 e. The van der Waals surface area contributed by atoms with Gasteiger partial charge in [0.15, 0.2) is 5.96 Å². The number of guanidine groups is 1. The maximum absolute atomic E-state index is 5.94. The van der Waals surface area contributed by atoms with E-state index in [1.54, 1.807) is 7.11 Å². The molecular formula is C19H40IN3O2. The fourth-order valence-electron chi connectivity index (χ4n) is 2.91. The van der Waals surface area contributed by atoms with Gasteiger partial charge in [0.25, 0.3) is 0 Å². The number of hydrogen-bond donors (Lipinski definition) is 1. The first-order chi connectivity index (χ1) is 11.5. The number of ether oxygens (including phenoxy) is 2. The van der Waals surface area contributed by atoms with Crippen molar-refractivity contribution >= 4 is 29.9 Å². The van der Waals surface area contributed by atoms with Crippen LogP contribution in [0, 0.1) is 5.41 Å². The van der Waals surface area contributed by atoms with Crippen molar-refractivity contribution in [3.8, 4) is 0 Å². The molecule has 0 aliphatic carbocycles. The lowest BCUT2D eigenvalue weighted by Crippen LogP contribution is -2.47. The molecule has 0 atom stereocenters. The van der Waals surface area contributed by atoms with Crippen molar-refractivity contribution in [2.45, 2.75) is 65.9 Å². The van der Waals surface area contributed by atoms with Crippen LogP contribution in [0.15, 0.2) is 4.99 Å². The highest BCUT2D eigenvalue weighted by Crippen LogP contribution is 2.20. The molecule has 1 aliphatic rings. The molecule has 0 bridgehead atoms. The van der Waals surface area contributed by atoms with Gasteiger partial charge in [-0.05, 0) is 44.4 Å². The average molecular weight is 469 g/mol. The SMILES string of the molecule is CCNC(=NCCCC(C)(C)C)N1CCC(OCCCOC)CC1.I. The Morgan fingerprint density at radius 1 is 1.16 bits per heavy atom. The molecule has 0 aromatic heterocycles. The number of nitrogens with one attached hydrogen (secondary N) is 1. The lowest BCUT2D eigenvalue weighted by molar-refractivity contribution is 0.00990. The number of rotatable bonds is 9. The number of methoxy groups -OCH3 is 1. The van der Waals surface area contributed by atoms with Gasteiger partial charge in [-0.25, -0.2) is 0 Å². The zero-order chi connectivity index (χ0) is 17.8. The Morgan fingerprint density at radius 2 is 1.84 bits per heavy atom. The zero-order valence-electron chi connectivity index (χ0n) is 17.0. The van der Waals surface area contributed by atoms with E-state index in [1.165, 1.54) is 6.42 Å². The molecule has 0 unspecified atom stereocenters. The topological polar surface area (TPSA) is 46.1 Å². The van der Waals surface area contributed by atoms with Crippen LogP contribution < -0.4 is 5.32 Å². The van der Waals surface area contributed by atoms with Gasteiger partial charge in [-0.15, -0.1) is 24.0 Å². The lowest BCUT2D eigenvalue weighted by Gasteiger charge is -2.34. The van der Waals surface area contributed by atoms with Gasteiger partial charge in [-0.1, -0.05) is 20.8 Å². The number of likely N-dealkylation sites (tertiary alicyclic amines) is 1. The smallest absolute Gasteiger partial charge is 0.193 e. The van der Waals surface area contributed by atoms with Crippen molar-refractivity contribution in [3.63, 3.8) is 0 Å². The maximum Gasteiger partial charge on any atom is 0.193 e. The molecule has 0 aromatic rings. The number of hydrogen-bond acceptors (Lipinski definition) is 3. The first-order valence-corrected chi connectivity index (χ1v) is 9.60. The second-order valence-electron chi connectivity index (χ2n) is 7.80. The minimum Gasteiger partial charge on any atom is -0.385 e. The number of piperidine rings is 1. The summed E-state index contributed by atoms with van der Waals surface area (Å²) >= 11 is 0. The van der Waals surface area contributed by atoms with E-state index in [-0.39, 0.29) is 24.0 Å². The molecule has 1 aliphatic heterocycles. The molecule has 5 nitrogen and oxygen atoms in total. The van der Waals surface area contributed by atoms with Crippen molar-refractivity contribution in [1.29, 1.82) is 0 Å². The van der Waals surface area contributed by atoms with Gasteiger partial charge < -0.3 is 19.7 Å². The van der Waals surface area contributed by atoms with Crippen LogP contribution in [0.5, 0.6) is 0 Å². The minimum atomic E-state index is 0. The van der Waals surface area contributed by atoms with Crippen molar-refractivity contribution in [2.75, 3.05) is 46.5 Å². The fraction of sp³-hybridized carbons (Fsp3) is 0.947. The fourth-order valence-corrected chi connectivity index (χ4v) is 2.91. The number of halogens is 1. The van der Waals surface area contributed by atoms with Gasteiger partial charge in [0.05, 0.1) is 6.10 Å². The maximum atomic E-state index is 5.94. The Labute approximate surface area is 172 Å². The minimum absolute atomic E-state index is 0. The summed E-state index contributed by atoms with van der Waals surface area (Å²) in [5, 5.41) is 3.44. The van der Waals surface area contributed by atoms with E-state index in [0.29, 0.717) is 11.5 Å². The molecule has 0 saturated carbocycles. The molecule has 0 aromatic carbocycles. The predicted octanol–water partition coefficient (Wildman–Crippen LogP) is 3.91. The van der Waals surface area contributed by atoms with Gasteiger partial charge in [0.2, 0.25) is 0 Å². The zero-order valence-corrected chi connectivity index (χ0v) is 19.3. The van der Waals surface area contributed by atoms with Crippen molar-refractivity contribution in [2.24, 2.45) is 10.4 Å². The van der Waals surface area contributed by atoms with Gasteiger partial charge in [0.1, 0.15) is 0 Å². The number of nitrogens with zero attached hydrogens (tertiary/aromatic N) is 2. The summed E-state index contributed by atoms with van der Waals surface area (Å²) in [5.41, 5.74) is 0.395. The Morgan fingerprint density at radius 3 is 2.40 bits per heavy atom. The summed E-state index contributed by atoms with van der Waals surface area (Å²) in [6.07, 6.45) is 5.90. The average Bonchev–Trinajstić information content (AvgIpc) is 2.54. The summed E-state index contributed by atoms with van der Waals surface area (Å²) in [6.45, 7) is 14.5. The Bertz CT molecular complexity index is 351. The van der Waals surface area contributed by atoms with Crippen LogP contribution in [0.25, 0.3) is 0 Å². The van der Waals surface area contributed by atoms with E-state index in [0.717, 1.165) is 71.0 Å². The normalized spacial score (nSPS) is 16.7. The molecule has 0 amide bonds. The van der Waals surface area contributed by atoms with E-state index in [9.17, 15) is 0 Å². The third kappa shape index (κ3) is 12.0. The number of aliphatic imine (C=N–C) groups is 1. The van der Waals surface area contributed by atoms with E-state index in [4.69, 9.17) is 14.5 Å². The van der Waals surface area contributed by atoms with E-state index in [1.807, 2.05) is 0 Å². The van der Waals surface area contributed by atoms with Crippen molar-refractivity contribution < 1.29 is 9.47 Å². The Kier molecular flexibility index (Phi) is 14.0. The van der Waals surface area contributed by atoms with Gasteiger partial charge in [-0.3, -0.25) is 4.99 Å². The highest BCUT2D eigenvalue weighted by Gasteiger charge is 2.21. The molecule has 1 heterocycles. The standard InChI is InChI=1S/C19H39N3O2.HI/c1-6-20-18(21-12-7-11-19(2,3)4)22-13-9-17(10-14-22)24-16-8-15-23-5;/h17H,6-16H2,1-5H3,(H,20,21);1H. The molecule has 1 N–H and O–H groups in total. The van der Waals surface area contributed by atoms with Crippen LogP contribution in [0.4, 0.5) is 0 Å². The second kappa shape index (κ2) is 14.0. The van der Waals surface area contributed by atoms with Crippen LogP contribution in [-0.4, -0.2) is 63.5 Å². The molecule has 1 fully saturated rings. The van der Waals surface area contributed by atoms with Crippen LogP contribution in [0.1, 0.15) is 59.8 Å². The van der Waals surface area contributed by atoms with Crippen LogP contribution >= 0.6 is 24.0 Å². The van der Waals surface area contributed by atoms with Crippen LogP contribution in [-0.2, 0) is 9.47 Å². The molecule has 6 heteroatoms. The van der Waals surface area contributed by atoms with Crippen LogP contribution in [0.2, 0.25) is 0 Å². The van der Waals surface area contributed by atoms with Gasteiger partial charge in [0, 0.05) is 46.5 Å². The van der Waals surface area contributed by atoms with E-state index in [2.05, 4.69) is 37.9 Å². The predicted molar refractivity (Wildman–Crippen MR) is 117 cm³/mol. The van der Waals surface area contributed by atoms with Gasteiger partial charge in [-0.2, -0.15) is 0 Å². The highest BCUT2D eigenvalue weighted by molar-refractivity contribution is 14.0. The molecule has 150 valence electrons. The van der Waals surface area contributed by atoms with E-state index >= 15 is 0 Å². The Balaban J connectivity index is 0.00000576. The summed E-state index contributed by atoms with van der Waals surface area (Å²) in [7, 11) is 1.74.